The van der Waals surface area contributed by atoms with Crippen LogP contribution in [-0.4, -0.2) is 29.3 Å². The summed E-state index contributed by atoms with van der Waals surface area (Å²) in [7, 11) is 0. The molecule has 5 heteroatoms. The number of carbonyl (C=O) groups is 2. The van der Waals surface area contributed by atoms with E-state index in [1.54, 1.807) is 13.0 Å². The van der Waals surface area contributed by atoms with Gasteiger partial charge in [0, 0.05) is 0 Å². The summed E-state index contributed by atoms with van der Waals surface area (Å²) in [4.78, 5) is 24.8. The van der Waals surface area contributed by atoms with E-state index in [1.807, 2.05) is 6.92 Å². The summed E-state index contributed by atoms with van der Waals surface area (Å²) in [5.41, 5.74) is 1.52. The summed E-state index contributed by atoms with van der Waals surface area (Å²) in [5.74, 6) is -0.907. The Morgan fingerprint density at radius 2 is 2.17 bits per heavy atom. The Hall–Kier alpha value is -1.75. The average molecular weight is 250 g/mol. The van der Waals surface area contributed by atoms with Gasteiger partial charge in [0.15, 0.2) is 0 Å². The lowest BCUT2D eigenvalue weighted by molar-refractivity contribution is -0.149. The fraction of sp³-hybridized carbons (Fsp3) is 0.385. The van der Waals surface area contributed by atoms with Crippen molar-refractivity contribution >= 4 is 11.8 Å². The Kier molecular flexibility index (Phi) is 3.43. The molecule has 1 fully saturated rings. The highest BCUT2D eigenvalue weighted by atomic mass is 19.1. The number of imide groups is 1. The van der Waals surface area contributed by atoms with Crippen molar-refractivity contribution in [1.82, 2.24) is 10.2 Å². The van der Waals surface area contributed by atoms with Crippen LogP contribution < -0.4 is 5.32 Å². The molecule has 1 aliphatic rings. The standard InChI is InChI=1S/C13H15FN2O2/c1-8-3-4-11(14)5-10(8)7-16-12(17)6-15-9(2)13(16)18/h3-5,9,15H,6-7H2,1-2H3. The fourth-order valence-electron chi connectivity index (χ4n) is 1.93. The highest BCUT2D eigenvalue weighted by Crippen LogP contribution is 2.15. The first-order chi connectivity index (χ1) is 8.49. The number of amides is 2. The lowest BCUT2D eigenvalue weighted by atomic mass is 10.1. The van der Waals surface area contributed by atoms with Gasteiger partial charge in [0.05, 0.1) is 19.1 Å². The smallest absolute Gasteiger partial charge is 0.246 e. The minimum atomic E-state index is -0.378. The average Bonchev–Trinajstić information content (AvgIpc) is 2.34. The van der Waals surface area contributed by atoms with Crippen LogP contribution in [-0.2, 0) is 16.1 Å². The molecule has 1 unspecified atom stereocenters. The zero-order valence-electron chi connectivity index (χ0n) is 10.4. The van der Waals surface area contributed by atoms with E-state index in [9.17, 15) is 14.0 Å². The minimum Gasteiger partial charge on any atom is -0.298 e. The van der Waals surface area contributed by atoms with Gasteiger partial charge in [-0.15, -0.1) is 0 Å². The number of nitrogens with zero attached hydrogens (tertiary/aromatic N) is 1. The van der Waals surface area contributed by atoms with E-state index in [4.69, 9.17) is 0 Å². The summed E-state index contributed by atoms with van der Waals surface area (Å²) in [6, 6.07) is 3.99. The van der Waals surface area contributed by atoms with Crippen molar-refractivity contribution in [3.8, 4) is 0 Å². The molecular formula is C13H15FN2O2. The van der Waals surface area contributed by atoms with Crippen LogP contribution in [0.25, 0.3) is 0 Å². The Labute approximate surface area is 105 Å². The molecule has 4 nitrogen and oxygen atoms in total. The number of nitrogens with one attached hydrogen (secondary N) is 1. The van der Waals surface area contributed by atoms with E-state index in [-0.39, 0.29) is 36.8 Å². The van der Waals surface area contributed by atoms with Crippen molar-refractivity contribution in [2.75, 3.05) is 6.54 Å². The van der Waals surface area contributed by atoms with E-state index in [1.165, 1.54) is 17.0 Å². The monoisotopic (exact) mass is 250 g/mol. The van der Waals surface area contributed by atoms with Crippen molar-refractivity contribution in [1.29, 1.82) is 0 Å². The quantitative estimate of drug-likeness (QED) is 0.796. The lowest BCUT2D eigenvalue weighted by Gasteiger charge is -2.30. The van der Waals surface area contributed by atoms with Gasteiger partial charge >= 0.3 is 0 Å². The molecule has 0 saturated carbocycles. The first-order valence-corrected chi connectivity index (χ1v) is 5.81. The van der Waals surface area contributed by atoms with Gasteiger partial charge < -0.3 is 0 Å². The van der Waals surface area contributed by atoms with Gasteiger partial charge in [-0.25, -0.2) is 4.39 Å². The lowest BCUT2D eigenvalue weighted by Crippen LogP contribution is -2.56. The molecule has 0 spiro atoms. The van der Waals surface area contributed by atoms with Crippen LogP contribution in [0.2, 0.25) is 0 Å². The highest BCUT2D eigenvalue weighted by molar-refractivity contribution is 6.00. The molecule has 1 atom stereocenters. The summed E-state index contributed by atoms with van der Waals surface area (Å²) in [6.45, 7) is 3.81. The van der Waals surface area contributed by atoms with Crippen molar-refractivity contribution in [3.05, 3.63) is 35.1 Å². The maximum atomic E-state index is 13.2. The van der Waals surface area contributed by atoms with Gasteiger partial charge in [0.1, 0.15) is 5.82 Å². The van der Waals surface area contributed by atoms with E-state index in [0.717, 1.165) is 5.56 Å². The Balaban J connectivity index is 2.24. The largest absolute Gasteiger partial charge is 0.298 e. The second-order valence-corrected chi connectivity index (χ2v) is 4.49. The van der Waals surface area contributed by atoms with Crippen molar-refractivity contribution in [3.63, 3.8) is 0 Å². The molecule has 96 valence electrons. The third-order valence-electron chi connectivity index (χ3n) is 3.14. The Morgan fingerprint density at radius 1 is 1.44 bits per heavy atom. The molecular weight excluding hydrogens is 235 g/mol. The molecule has 1 aromatic rings. The van der Waals surface area contributed by atoms with Gasteiger partial charge in [0.25, 0.3) is 0 Å². The van der Waals surface area contributed by atoms with Crippen molar-refractivity contribution in [2.45, 2.75) is 26.4 Å². The normalized spacial score (nSPS) is 20.4. The Morgan fingerprint density at radius 3 is 2.89 bits per heavy atom. The number of carbonyl (C=O) groups excluding carboxylic acids is 2. The third-order valence-corrected chi connectivity index (χ3v) is 3.14. The van der Waals surface area contributed by atoms with Gasteiger partial charge in [-0.3, -0.25) is 19.8 Å². The number of aryl methyl sites for hydroxylation is 1. The molecule has 1 saturated heterocycles. The van der Waals surface area contributed by atoms with Gasteiger partial charge in [-0.2, -0.15) is 0 Å². The number of benzene rings is 1. The molecule has 0 aliphatic carbocycles. The predicted octanol–water partition coefficient (Wildman–Crippen LogP) is 0.981. The number of hydrogen-bond donors (Lipinski definition) is 1. The first kappa shape index (κ1) is 12.7. The molecule has 0 aromatic heterocycles. The second-order valence-electron chi connectivity index (χ2n) is 4.49. The van der Waals surface area contributed by atoms with Gasteiger partial charge in [0.2, 0.25) is 11.8 Å². The number of piperazine rings is 1. The van der Waals surface area contributed by atoms with Crippen LogP contribution in [0.1, 0.15) is 18.1 Å². The molecule has 18 heavy (non-hydrogen) atoms. The SMILES string of the molecule is Cc1ccc(F)cc1CN1C(=O)CNC(C)C1=O. The third kappa shape index (κ3) is 2.41. The first-order valence-electron chi connectivity index (χ1n) is 5.81. The zero-order chi connectivity index (χ0) is 13.3. The molecule has 2 amide bonds. The van der Waals surface area contributed by atoms with Gasteiger partial charge in [-0.05, 0) is 37.1 Å². The molecule has 1 N–H and O–H groups in total. The van der Waals surface area contributed by atoms with E-state index >= 15 is 0 Å². The summed E-state index contributed by atoms with van der Waals surface area (Å²) in [6.07, 6.45) is 0. The van der Waals surface area contributed by atoms with Gasteiger partial charge in [-0.1, -0.05) is 6.07 Å². The number of rotatable bonds is 2. The molecule has 0 radical (unpaired) electrons. The summed E-state index contributed by atoms with van der Waals surface area (Å²) >= 11 is 0. The molecule has 0 bridgehead atoms. The second kappa shape index (κ2) is 4.86. The van der Waals surface area contributed by atoms with Crippen LogP contribution in [0.15, 0.2) is 18.2 Å². The maximum absolute atomic E-state index is 13.2. The molecule has 1 heterocycles. The van der Waals surface area contributed by atoms with E-state index in [0.29, 0.717) is 5.56 Å². The Bertz CT molecular complexity index is 502. The van der Waals surface area contributed by atoms with Crippen LogP contribution >= 0.6 is 0 Å². The predicted molar refractivity (Wildman–Crippen MR) is 64.2 cm³/mol. The van der Waals surface area contributed by atoms with Crippen molar-refractivity contribution in [2.24, 2.45) is 0 Å². The fourth-order valence-corrected chi connectivity index (χ4v) is 1.93. The summed E-state index contributed by atoms with van der Waals surface area (Å²) < 4.78 is 13.2. The van der Waals surface area contributed by atoms with E-state index < -0.39 is 0 Å². The van der Waals surface area contributed by atoms with Crippen LogP contribution in [0, 0.1) is 12.7 Å². The van der Waals surface area contributed by atoms with Crippen LogP contribution in [0.3, 0.4) is 0 Å². The van der Waals surface area contributed by atoms with Crippen LogP contribution in [0.4, 0.5) is 4.39 Å². The number of halogens is 1. The highest BCUT2D eigenvalue weighted by Gasteiger charge is 2.31. The van der Waals surface area contributed by atoms with Crippen LogP contribution in [0.5, 0.6) is 0 Å². The van der Waals surface area contributed by atoms with Crippen molar-refractivity contribution < 1.29 is 14.0 Å². The molecule has 1 aliphatic heterocycles. The minimum absolute atomic E-state index is 0.132. The zero-order valence-corrected chi connectivity index (χ0v) is 10.4. The molecule has 2 rings (SSSR count). The number of hydrogen-bond acceptors (Lipinski definition) is 3. The molecule has 1 aromatic carbocycles. The maximum Gasteiger partial charge on any atom is 0.246 e. The van der Waals surface area contributed by atoms with E-state index in [2.05, 4.69) is 5.32 Å². The topological polar surface area (TPSA) is 49.4 Å². The summed E-state index contributed by atoms with van der Waals surface area (Å²) in [5, 5.41) is 2.81.